The highest BCUT2D eigenvalue weighted by atomic mass is 14.9. The van der Waals surface area contributed by atoms with Crippen molar-refractivity contribution in [3.63, 3.8) is 0 Å². The maximum Gasteiger partial charge on any atom is 0.0240 e. The first-order chi connectivity index (χ1) is 7.83. The molecule has 2 fully saturated rings. The molecule has 2 aliphatic rings. The van der Waals surface area contributed by atoms with Crippen LogP contribution in [0.2, 0.25) is 0 Å². The predicted molar refractivity (Wildman–Crippen MR) is 69.1 cm³/mol. The Morgan fingerprint density at radius 3 is 2.81 bits per heavy atom. The van der Waals surface area contributed by atoms with Crippen molar-refractivity contribution in [3.8, 4) is 12.3 Å². The SMILES string of the molecule is C#CCC(CC1CC2CCC1C2)NCCC. The largest absolute Gasteiger partial charge is 0.313 e. The summed E-state index contributed by atoms with van der Waals surface area (Å²) in [5.41, 5.74) is 0. The predicted octanol–water partition coefficient (Wildman–Crippen LogP) is 3.20. The molecule has 0 aromatic heterocycles. The maximum atomic E-state index is 5.46. The van der Waals surface area contributed by atoms with Crippen molar-refractivity contribution < 1.29 is 0 Å². The zero-order valence-electron chi connectivity index (χ0n) is 10.5. The smallest absolute Gasteiger partial charge is 0.0240 e. The molecule has 0 aliphatic heterocycles. The van der Waals surface area contributed by atoms with Gasteiger partial charge in [-0.25, -0.2) is 0 Å². The van der Waals surface area contributed by atoms with Crippen molar-refractivity contribution in [1.82, 2.24) is 5.32 Å². The van der Waals surface area contributed by atoms with Crippen LogP contribution in [0.25, 0.3) is 0 Å². The fourth-order valence-electron chi connectivity index (χ4n) is 3.76. The first kappa shape index (κ1) is 12.0. The summed E-state index contributed by atoms with van der Waals surface area (Å²) in [6.07, 6.45) is 14.9. The van der Waals surface area contributed by atoms with Crippen molar-refractivity contribution in [2.75, 3.05) is 6.54 Å². The van der Waals surface area contributed by atoms with E-state index in [9.17, 15) is 0 Å². The molecule has 0 radical (unpaired) electrons. The van der Waals surface area contributed by atoms with E-state index in [-0.39, 0.29) is 0 Å². The molecule has 0 aromatic carbocycles. The second-order valence-electron chi connectivity index (χ2n) is 5.73. The van der Waals surface area contributed by atoms with Crippen LogP contribution in [0.3, 0.4) is 0 Å². The second kappa shape index (κ2) is 5.73. The molecule has 0 spiro atoms. The third-order valence-corrected chi connectivity index (χ3v) is 4.52. The van der Waals surface area contributed by atoms with Crippen LogP contribution in [0, 0.1) is 30.1 Å². The number of fused-ring (bicyclic) bond motifs is 2. The Balaban J connectivity index is 1.79. The molecule has 4 unspecified atom stereocenters. The standard InChI is InChI=1S/C15H25N/c1-3-5-15(16-8-4-2)11-14-10-12-6-7-13(14)9-12/h1,12-16H,4-11H2,2H3. The molecule has 16 heavy (non-hydrogen) atoms. The molecule has 90 valence electrons. The fraction of sp³-hybridized carbons (Fsp3) is 0.867. The van der Waals surface area contributed by atoms with Gasteiger partial charge in [-0.2, -0.15) is 0 Å². The van der Waals surface area contributed by atoms with Crippen LogP contribution in [0.5, 0.6) is 0 Å². The van der Waals surface area contributed by atoms with Gasteiger partial charge in [-0.15, -0.1) is 12.3 Å². The topological polar surface area (TPSA) is 12.0 Å². The first-order valence-electron chi connectivity index (χ1n) is 7.00. The van der Waals surface area contributed by atoms with Crippen LogP contribution < -0.4 is 5.32 Å². The second-order valence-corrected chi connectivity index (χ2v) is 5.73. The zero-order chi connectivity index (χ0) is 11.4. The highest BCUT2D eigenvalue weighted by Gasteiger charge is 2.39. The number of nitrogens with one attached hydrogen (secondary N) is 1. The molecule has 0 aromatic rings. The quantitative estimate of drug-likeness (QED) is 0.676. The van der Waals surface area contributed by atoms with Gasteiger partial charge in [-0.1, -0.05) is 13.3 Å². The van der Waals surface area contributed by atoms with E-state index in [4.69, 9.17) is 6.42 Å². The van der Waals surface area contributed by atoms with E-state index in [1.807, 2.05) is 0 Å². The van der Waals surface area contributed by atoms with E-state index in [0.717, 1.165) is 30.7 Å². The fourth-order valence-corrected chi connectivity index (χ4v) is 3.76. The van der Waals surface area contributed by atoms with E-state index in [1.54, 1.807) is 0 Å². The summed E-state index contributed by atoms with van der Waals surface area (Å²) in [4.78, 5) is 0. The molecule has 2 rings (SSSR count). The monoisotopic (exact) mass is 219 g/mol. The lowest BCUT2D eigenvalue weighted by Gasteiger charge is -2.26. The third-order valence-electron chi connectivity index (χ3n) is 4.52. The van der Waals surface area contributed by atoms with Gasteiger partial charge in [0.05, 0.1) is 0 Å². The summed E-state index contributed by atoms with van der Waals surface area (Å²) >= 11 is 0. The molecule has 2 aliphatic carbocycles. The van der Waals surface area contributed by atoms with Crippen molar-refractivity contribution >= 4 is 0 Å². The Labute approximate surface area is 100 Å². The number of hydrogen-bond donors (Lipinski definition) is 1. The van der Waals surface area contributed by atoms with Crippen molar-refractivity contribution in [1.29, 1.82) is 0 Å². The Kier molecular flexibility index (Phi) is 4.29. The van der Waals surface area contributed by atoms with Crippen LogP contribution in [-0.4, -0.2) is 12.6 Å². The lowest BCUT2D eigenvalue weighted by atomic mass is 9.83. The maximum absolute atomic E-state index is 5.46. The highest BCUT2D eigenvalue weighted by Crippen LogP contribution is 2.49. The Hall–Kier alpha value is -0.480. The number of terminal acetylenes is 1. The normalized spacial score (nSPS) is 33.9. The molecular formula is C15H25N. The average molecular weight is 219 g/mol. The number of hydrogen-bond acceptors (Lipinski definition) is 1. The molecule has 0 heterocycles. The lowest BCUT2D eigenvalue weighted by Crippen LogP contribution is -2.32. The van der Waals surface area contributed by atoms with Gasteiger partial charge in [0.15, 0.2) is 0 Å². The average Bonchev–Trinajstić information content (AvgIpc) is 2.88. The van der Waals surface area contributed by atoms with Crippen LogP contribution in [0.1, 0.15) is 51.9 Å². The summed E-state index contributed by atoms with van der Waals surface area (Å²) in [5, 5.41) is 3.61. The van der Waals surface area contributed by atoms with E-state index in [1.165, 1.54) is 38.5 Å². The molecule has 4 atom stereocenters. The summed E-state index contributed by atoms with van der Waals surface area (Å²) < 4.78 is 0. The molecule has 1 N–H and O–H groups in total. The van der Waals surface area contributed by atoms with Crippen molar-refractivity contribution in [3.05, 3.63) is 0 Å². The van der Waals surface area contributed by atoms with Crippen LogP contribution in [0.15, 0.2) is 0 Å². The van der Waals surface area contributed by atoms with Crippen LogP contribution in [-0.2, 0) is 0 Å². The summed E-state index contributed by atoms with van der Waals surface area (Å²) in [6, 6.07) is 0.578. The molecular weight excluding hydrogens is 194 g/mol. The molecule has 0 saturated heterocycles. The minimum absolute atomic E-state index is 0.578. The first-order valence-corrected chi connectivity index (χ1v) is 7.00. The van der Waals surface area contributed by atoms with Gasteiger partial charge < -0.3 is 5.32 Å². The molecule has 2 bridgehead atoms. The highest BCUT2D eigenvalue weighted by molar-refractivity contribution is 4.95. The molecule has 1 heteroatoms. The Bertz CT molecular complexity index is 253. The van der Waals surface area contributed by atoms with Crippen LogP contribution in [0.4, 0.5) is 0 Å². The Morgan fingerprint density at radius 1 is 1.38 bits per heavy atom. The lowest BCUT2D eigenvalue weighted by molar-refractivity contribution is 0.279. The van der Waals surface area contributed by atoms with E-state index in [2.05, 4.69) is 18.2 Å². The summed E-state index contributed by atoms with van der Waals surface area (Å²) in [6.45, 7) is 3.34. The summed E-state index contributed by atoms with van der Waals surface area (Å²) in [7, 11) is 0. The van der Waals surface area contributed by atoms with Gasteiger partial charge in [0.2, 0.25) is 0 Å². The zero-order valence-corrected chi connectivity index (χ0v) is 10.5. The van der Waals surface area contributed by atoms with E-state index < -0.39 is 0 Å². The third kappa shape index (κ3) is 2.80. The molecule has 1 nitrogen and oxygen atoms in total. The number of rotatable bonds is 6. The van der Waals surface area contributed by atoms with Crippen molar-refractivity contribution in [2.24, 2.45) is 17.8 Å². The van der Waals surface area contributed by atoms with Gasteiger partial charge in [0.1, 0.15) is 0 Å². The van der Waals surface area contributed by atoms with Gasteiger partial charge in [0.25, 0.3) is 0 Å². The van der Waals surface area contributed by atoms with Gasteiger partial charge in [0, 0.05) is 12.5 Å². The Morgan fingerprint density at radius 2 is 2.25 bits per heavy atom. The van der Waals surface area contributed by atoms with Gasteiger partial charge >= 0.3 is 0 Å². The van der Waals surface area contributed by atoms with Crippen LogP contribution >= 0.6 is 0 Å². The van der Waals surface area contributed by atoms with Gasteiger partial charge in [-0.3, -0.25) is 0 Å². The minimum atomic E-state index is 0.578. The van der Waals surface area contributed by atoms with Crippen molar-refractivity contribution in [2.45, 2.75) is 57.9 Å². The van der Waals surface area contributed by atoms with E-state index in [0.29, 0.717) is 6.04 Å². The van der Waals surface area contributed by atoms with E-state index >= 15 is 0 Å². The molecule has 0 amide bonds. The molecule has 2 saturated carbocycles. The van der Waals surface area contributed by atoms with Gasteiger partial charge in [-0.05, 0) is 56.4 Å². The minimum Gasteiger partial charge on any atom is -0.313 e. The summed E-state index contributed by atoms with van der Waals surface area (Å²) in [5.74, 6) is 5.90.